The third kappa shape index (κ3) is 2.51. The van der Waals surface area contributed by atoms with Crippen LogP contribution in [-0.2, 0) is 6.54 Å². The molecule has 1 aliphatic carbocycles. The van der Waals surface area contributed by atoms with Crippen LogP contribution in [0.1, 0.15) is 24.8 Å². The molecule has 0 saturated heterocycles. The summed E-state index contributed by atoms with van der Waals surface area (Å²) in [5.74, 6) is 0. The van der Waals surface area contributed by atoms with Crippen LogP contribution >= 0.6 is 0 Å². The molecule has 19 heavy (non-hydrogen) atoms. The number of likely N-dealkylation sites (N-methyl/N-ethyl adjacent to an activating group) is 1. The molecule has 0 unspecified atom stereocenters. The fraction of sp³-hybridized carbons (Fsp3) is 0.412. The Morgan fingerprint density at radius 2 is 1.89 bits per heavy atom. The molecule has 3 rings (SSSR count). The lowest BCUT2D eigenvalue weighted by atomic mass is 10.0. The average Bonchev–Trinajstić information content (AvgIpc) is 2.85. The molecular weight excluding hydrogens is 232 g/mol. The number of fused-ring (bicyclic) bond motifs is 1. The summed E-state index contributed by atoms with van der Waals surface area (Å²) in [6.45, 7) is 0.986. The quantitative estimate of drug-likeness (QED) is 0.911. The molecule has 2 heteroatoms. The van der Waals surface area contributed by atoms with Crippen molar-refractivity contribution in [2.75, 3.05) is 7.05 Å². The second-order valence-electron chi connectivity index (χ2n) is 5.72. The lowest BCUT2D eigenvalue weighted by Crippen LogP contribution is -2.41. The van der Waals surface area contributed by atoms with Crippen LogP contribution in [-0.4, -0.2) is 24.0 Å². The molecule has 0 aromatic heterocycles. The zero-order chi connectivity index (χ0) is 13.2. The molecule has 1 aliphatic rings. The van der Waals surface area contributed by atoms with Crippen LogP contribution in [0.2, 0.25) is 0 Å². The van der Waals surface area contributed by atoms with E-state index in [9.17, 15) is 0 Å². The van der Waals surface area contributed by atoms with Crippen LogP contribution in [0, 0.1) is 0 Å². The van der Waals surface area contributed by atoms with E-state index in [-0.39, 0.29) is 0 Å². The minimum absolute atomic E-state index is 0.347. The normalized spacial score (nSPS) is 23.3. The van der Waals surface area contributed by atoms with E-state index in [1.54, 1.807) is 0 Å². The third-order valence-corrected chi connectivity index (χ3v) is 4.40. The molecular formula is C17H22N2. The number of hydrogen-bond donors (Lipinski definition) is 1. The zero-order valence-corrected chi connectivity index (χ0v) is 11.5. The molecule has 2 nitrogen and oxygen atoms in total. The van der Waals surface area contributed by atoms with E-state index in [0.717, 1.165) is 6.54 Å². The predicted octanol–water partition coefficient (Wildman–Crippen LogP) is 3.15. The van der Waals surface area contributed by atoms with E-state index in [2.05, 4.69) is 54.4 Å². The van der Waals surface area contributed by atoms with E-state index in [0.29, 0.717) is 12.1 Å². The Hall–Kier alpha value is -1.38. The van der Waals surface area contributed by atoms with Crippen molar-refractivity contribution in [3.05, 3.63) is 48.0 Å². The maximum Gasteiger partial charge on any atom is 0.0247 e. The monoisotopic (exact) mass is 254 g/mol. The van der Waals surface area contributed by atoms with Gasteiger partial charge >= 0.3 is 0 Å². The van der Waals surface area contributed by atoms with Crippen molar-refractivity contribution in [3.63, 3.8) is 0 Å². The summed E-state index contributed by atoms with van der Waals surface area (Å²) in [5.41, 5.74) is 7.61. The molecule has 0 bridgehead atoms. The summed E-state index contributed by atoms with van der Waals surface area (Å²) >= 11 is 0. The Morgan fingerprint density at radius 1 is 1.11 bits per heavy atom. The van der Waals surface area contributed by atoms with E-state index in [4.69, 9.17) is 5.73 Å². The minimum atomic E-state index is 0.347. The fourth-order valence-electron chi connectivity index (χ4n) is 3.33. The summed E-state index contributed by atoms with van der Waals surface area (Å²) in [4.78, 5) is 2.43. The number of hydrogen-bond acceptors (Lipinski definition) is 2. The van der Waals surface area contributed by atoms with Crippen molar-refractivity contribution in [2.45, 2.75) is 37.9 Å². The molecule has 2 atom stereocenters. The number of nitrogens with two attached hydrogens (primary N) is 1. The molecule has 0 radical (unpaired) electrons. The third-order valence-electron chi connectivity index (χ3n) is 4.40. The van der Waals surface area contributed by atoms with Gasteiger partial charge in [-0.3, -0.25) is 4.90 Å². The van der Waals surface area contributed by atoms with Crippen molar-refractivity contribution < 1.29 is 0 Å². The van der Waals surface area contributed by atoms with Gasteiger partial charge in [0.05, 0.1) is 0 Å². The zero-order valence-electron chi connectivity index (χ0n) is 11.5. The molecule has 0 heterocycles. The van der Waals surface area contributed by atoms with E-state index < -0.39 is 0 Å². The first-order valence-corrected chi connectivity index (χ1v) is 7.18. The molecule has 2 aromatic rings. The molecule has 2 N–H and O–H groups in total. The Morgan fingerprint density at radius 3 is 2.68 bits per heavy atom. The SMILES string of the molecule is CN(Cc1cccc2ccccc12)[C@H]1CCC[C@@H]1N. The lowest BCUT2D eigenvalue weighted by Gasteiger charge is -2.28. The summed E-state index contributed by atoms with van der Waals surface area (Å²) in [7, 11) is 2.21. The van der Waals surface area contributed by atoms with Crippen molar-refractivity contribution in [1.82, 2.24) is 4.90 Å². The van der Waals surface area contributed by atoms with Gasteiger partial charge in [0.1, 0.15) is 0 Å². The molecule has 2 aromatic carbocycles. The number of rotatable bonds is 3. The van der Waals surface area contributed by atoms with Crippen LogP contribution in [0.3, 0.4) is 0 Å². The Bertz CT molecular complexity index is 559. The van der Waals surface area contributed by atoms with E-state index in [1.165, 1.54) is 35.6 Å². The van der Waals surface area contributed by atoms with Gasteiger partial charge in [0.15, 0.2) is 0 Å². The van der Waals surface area contributed by atoms with Crippen LogP contribution in [0.15, 0.2) is 42.5 Å². The lowest BCUT2D eigenvalue weighted by molar-refractivity contribution is 0.221. The second-order valence-corrected chi connectivity index (χ2v) is 5.72. The van der Waals surface area contributed by atoms with Gasteiger partial charge in [-0.05, 0) is 36.2 Å². The summed E-state index contributed by atoms with van der Waals surface area (Å²) in [6.07, 6.45) is 3.68. The molecule has 1 fully saturated rings. The standard InChI is InChI=1S/C17H22N2/c1-19(17-11-5-10-16(17)18)12-14-8-4-7-13-6-2-3-9-15(13)14/h2-4,6-9,16-17H,5,10-12,18H2,1H3/t16-,17-/m0/s1. The summed E-state index contributed by atoms with van der Waals surface area (Å²) in [5, 5.41) is 2.69. The Kier molecular flexibility index (Phi) is 3.54. The average molecular weight is 254 g/mol. The fourth-order valence-corrected chi connectivity index (χ4v) is 3.33. The van der Waals surface area contributed by atoms with Crippen LogP contribution in [0.5, 0.6) is 0 Å². The summed E-state index contributed by atoms with van der Waals surface area (Å²) < 4.78 is 0. The van der Waals surface area contributed by atoms with Crippen molar-refractivity contribution >= 4 is 10.8 Å². The highest BCUT2D eigenvalue weighted by Crippen LogP contribution is 2.25. The van der Waals surface area contributed by atoms with Gasteiger partial charge in [-0.15, -0.1) is 0 Å². The van der Waals surface area contributed by atoms with Gasteiger partial charge < -0.3 is 5.73 Å². The van der Waals surface area contributed by atoms with Gasteiger partial charge in [0, 0.05) is 18.6 Å². The highest BCUT2D eigenvalue weighted by molar-refractivity contribution is 5.85. The van der Waals surface area contributed by atoms with Gasteiger partial charge in [0.2, 0.25) is 0 Å². The maximum absolute atomic E-state index is 6.20. The molecule has 0 amide bonds. The van der Waals surface area contributed by atoms with Gasteiger partial charge in [-0.1, -0.05) is 48.9 Å². The van der Waals surface area contributed by atoms with Crippen LogP contribution < -0.4 is 5.73 Å². The first-order chi connectivity index (χ1) is 9.25. The Balaban J connectivity index is 1.85. The second kappa shape index (κ2) is 5.32. The topological polar surface area (TPSA) is 29.3 Å². The van der Waals surface area contributed by atoms with E-state index >= 15 is 0 Å². The highest BCUT2D eigenvalue weighted by atomic mass is 15.1. The van der Waals surface area contributed by atoms with Gasteiger partial charge in [-0.2, -0.15) is 0 Å². The highest BCUT2D eigenvalue weighted by Gasteiger charge is 2.27. The van der Waals surface area contributed by atoms with Crippen molar-refractivity contribution in [2.24, 2.45) is 5.73 Å². The van der Waals surface area contributed by atoms with Crippen molar-refractivity contribution in [1.29, 1.82) is 0 Å². The number of benzene rings is 2. The molecule has 100 valence electrons. The van der Waals surface area contributed by atoms with Crippen LogP contribution in [0.25, 0.3) is 10.8 Å². The molecule has 1 saturated carbocycles. The minimum Gasteiger partial charge on any atom is -0.326 e. The maximum atomic E-state index is 6.20. The smallest absolute Gasteiger partial charge is 0.0247 e. The Labute approximate surface area is 115 Å². The van der Waals surface area contributed by atoms with Gasteiger partial charge in [0.25, 0.3) is 0 Å². The summed E-state index contributed by atoms with van der Waals surface area (Å²) in [6, 6.07) is 16.1. The largest absolute Gasteiger partial charge is 0.326 e. The predicted molar refractivity (Wildman–Crippen MR) is 81.0 cm³/mol. The van der Waals surface area contributed by atoms with Crippen molar-refractivity contribution in [3.8, 4) is 0 Å². The molecule has 0 spiro atoms. The first kappa shape index (κ1) is 12.6. The van der Waals surface area contributed by atoms with Gasteiger partial charge in [-0.25, -0.2) is 0 Å². The molecule has 0 aliphatic heterocycles. The first-order valence-electron chi connectivity index (χ1n) is 7.18. The van der Waals surface area contributed by atoms with E-state index in [1.807, 2.05) is 0 Å². The van der Waals surface area contributed by atoms with Crippen LogP contribution in [0.4, 0.5) is 0 Å². The number of nitrogens with zero attached hydrogens (tertiary/aromatic N) is 1.